The number of nitrogens with one attached hydrogen (secondary N) is 1. The number of carbonyl (C=O) groups is 1. The third-order valence-corrected chi connectivity index (χ3v) is 3.89. The summed E-state index contributed by atoms with van der Waals surface area (Å²) in [6.45, 7) is 3.40. The van der Waals surface area contributed by atoms with E-state index in [0.717, 1.165) is 10.0 Å². The predicted octanol–water partition coefficient (Wildman–Crippen LogP) is 3.58. The number of nitro groups is 1. The molecule has 8 heteroatoms. The maximum Gasteiger partial charge on any atom is 0.277 e. The maximum absolute atomic E-state index is 11.8. The van der Waals surface area contributed by atoms with Gasteiger partial charge in [-0.3, -0.25) is 14.9 Å². The molecule has 0 aliphatic rings. The van der Waals surface area contributed by atoms with Crippen molar-refractivity contribution in [3.05, 3.63) is 68.2 Å². The quantitative estimate of drug-likeness (QED) is 0.451. The lowest BCUT2D eigenvalue weighted by molar-refractivity contribution is -0.384. The van der Waals surface area contributed by atoms with Crippen molar-refractivity contribution in [2.45, 2.75) is 13.8 Å². The Morgan fingerprint density at radius 2 is 2.08 bits per heavy atom. The van der Waals surface area contributed by atoms with Crippen LogP contribution < -0.4 is 10.2 Å². The fraction of sp³-hybridized carbons (Fsp3) is 0.176. The molecule has 2 rings (SSSR count). The molecular weight excluding hydrogens is 390 g/mol. The minimum atomic E-state index is -0.483. The zero-order chi connectivity index (χ0) is 18.4. The van der Waals surface area contributed by atoms with Gasteiger partial charge < -0.3 is 4.74 Å². The molecular formula is C17H16BrN3O4. The van der Waals surface area contributed by atoms with Crippen molar-refractivity contribution < 1.29 is 14.5 Å². The minimum absolute atomic E-state index is 0.0362. The van der Waals surface area contributed by atoms with Gasteiger partial charge in [0.25, 0.3) is 11.6 Å². The van der Waals surface area contributed by atoms with Crippen LogP contribution in [0, 0.1) is 17.0 Å². The number of amides is 1. The van der Waals surface area contributed by atoms with Gasteiger partial charge in [0.2, 0.25) is 0 Å². The van der Waals surface area contributed by atoms with Crippen molar-refractivity contribution in [3.63, 3.8) is 0 Å². The number of non-ortho nitro benzene ring substituents is 1. The first-order chi connectivity index (χ1) is 11.9. The Balaban J connectivity index is 1.95. The smallest absolute Gasteiger partial charge is 0.277 e. The van der Waals surface area contributed by atoms with Gasteiger partial charge in [0.15, 0.2) is 6.61 Å². The van der Waals surface area contributed by atoms with Gasteiger partial charge in [-0.25, -0.2) is 5.43 Å². The summed E-state index contributed by atoms with van der Waals surface area (Å²) in [5, 5.41) is 14.7. The summed E-state index contributed by atoms with van der Waals surface area (Å²) >= 11 is 3.37. The van der Waals surface area contributed by atoms with E-state index >= 15 is 0 Å². The van der Waals surface area contributed by atoms with Gasteiger partial charge >= 0.3 is 0 Å². The van der Waals surface area contributed by atoms with Crippen LogP contribution in [0.4, 0.5) is 5.69 Å². The molecule has 1 N–H and O–H groups in total. The van der Waals surface area contributed by atoms with Crippen LogP contribution in [0.1, 0.15) is 18.1 Å². The van der Waals surface area contributed by atoms with Crippen LogP contribution >= 0.6 is 15.9 Å². The Kier molecular flexibility index (Phi) is 6.24. The summed E-state index contributed by atoms with van der Waals surface area (Å²) in [4.78, 5) is 22.1. The van der Waals surface area contributed by atoms with E-state index in [1.54, 1.807) is 25.1 Å². The second-order valence-corrected chi connectivity index (χ2v) is 6.12. The highest BCUT2D eigenvalue weighted by Crippen LogP contribution is 2.25. The van der Waals surface area contributed by atoms with E-state index in [4.69, 9.17) is 4.74 Å². The molecule has 0 saturated carbocycles. The molecule has 0 atom stereocenters. The maximum atomic E-state index is 11.8. The molecule has 0 fully saturated rings. The molecule has 0 aliphatic carbocycles. The second kappa shape index (κ2) is 8.39. The molecule has 0 aromatic heterocycles. The standard InChI is InChI=1S/C17H16BrN3O4/c1-11-6-7-16(15(18)8-11)25-10-17(22)20-19-12(2)13-4-3-5-14(9-13)21(23)24/h3-9H,10H2,1-2H3,(H,20,22)/b19-12+. The lowest BCUT2D eigenvalue weighted by Crippen LogP contribution is -2.25. The number of halogens is 1. The Bertz CT molecular complexity index is 836. The van der Waals surface area contributed by atoms with Crippen LogP contribution in [0.5, 0.6) is 5.75 Å². The average Bonchev–Trinajstić information content (AvgIpc) is 2.59. The first-order valence-electron chi connectivity index (χ1n) is 7.33. The number of rotatable bonds is 6. The summed E-state index contributed by atoms with van der Waals surface area (Å²) in [6, 6.07) is 11.6. The van der Waals surface area contributed by atoms with Gasteiger partial charge in [-0.05, 0) is 47.5 Å². The van der Waals surface area contributed by atoms with E-state index in [9.17, 15) is 14.9 Å². The summed E-state index contributed by atoms with van der Waals surface area (Å²) < 4.78 is 6.19. The van der Waals surface area contributed by atoms with Crippen molar-refractivity contribution in [1.82, 2.24) is 5.43 Å². The van der Waals surface area contributed by atoms with Crippen molar-refractivity contribution in [1.29, 1.82) is 0 Å². The fourth-order valence-corrected chi connectivity index (χ4v) is 2.56. The van der Waals surface area contributed by atoms with Crippen LogP contribution in [0.3, 0.4) is 0 Å². The Morgan fingerprint density at radius 3 is 2.76 bits per heavy atom. The molecule has 25 heavy (non-hydrogen) atoms. The number of benzene rings is 2. The first-order valence-corrected chi connectivity index (χ1v) is 8.13. The third kappa shape index (κ3) is 5.39. The highest BCUT2D eigenvalue weighted by molar-refractivity contribution is 9.10. The third-order valence-electron chi connectivity index (χ3n) is 3.27. The number of nitro benzene ring substituents is 1. The molecule has 2 aromatic rings. The molecule has 0 aliphatic heterocycles. The number of hydrogen-bond acceptors (Lipinski definition) is 5. The molecule has 0 heterocycles. The van der Waals surface area contributed by atoms with E-state index in [1.807, 2.05) is 19.1 Å². The van der Waals surface area contributed by atoms with Crippen LogP contribution in [-0.2, 0) is 4.79 Å². The van der Waals surface area contributed by atoms with Crippen LogP contribution in [-0.4, -0.2) is 23.1 Å². The topological polar surface area (TPSA) is 93.8 Å². The summed E-state index contributed by atoms with van der Waals surface area (Å²) in [5.41, 5.74) is 4.41. The molecule has 7 nitrogen and oxygen atoms in total. The molecule has 130 valence electrons. The minimum Gasteiger partial charge on any atom is -0.483 e. The SMILES string of the molecule is C/C(=N\NC(=O)COc1ccc(C)cc1Br)c1cccc([N+](=O)[O-])c1. The second-order valence-electron chi connectivity index (χ2n) is 5.26. The van der Waals surface area contributed by atoms with Crippen LogP contribution in [0.25, 0.3) is 0 Å². The van der Waals surface area contributed by atoms with Crippen molar-refractivity contribution >= 4 is 33.2 Å². The van der Waals surface area contributed by atoms with Crippen molar-refractivity contribution in [2.24, 2.45) is 5.10 Å². The van der Waals surface area contributed by atoms with Gasteiger partial charge in [-0.15, -0.1) is 0 Å². The first kappa shape index (κ1) is 18.6. The van der Waals surface area contributed by atoms with Crippen LogP contribution in [0.15, 0.2) is 52.0 Å². The largest absolute Gasteiger partial charge is 0.483 e. The highest BCUT2D eigenvalue weighted by Gasteiger charge is 2.09. The van der Waals surface area contributed by atoms with E-state index in [1.165, 1.54) is 12.1 Å². The molecule has 0 spiro atoms. The molecule has 0 unspecified atom stereocenters. The van der Waals surface area contributed by atoms with Gasteiger partial charge in [0.05, 0.1) is 15.1 Å². The fourth-order valence-electron chi connectivity index (χ4n) is 1.95. The molecule has 0 radical (unpaired) electrons. The number of aryl methyl sites for hydroxylation is 1. The Hall–Kier alpha value is -2.74. The lowest BCUT2D eigenvalue weighted by atomic mass is 10.1. The van der Waals surface area contributed by atoms with Gasteiger partial charge in [0, 0.05) is 17.7 Å². The lowest BCUT2D eigenvalue weighted by Gasteiger charge is -2.08. The molecule has 2 aromatic carbocycles. The van der Waals surface area contributed by atoms with E-state index < -0.39 is 10.8 Å². The Morgan fingerprint density at radius 1 is 1.32 bits per heavy atom. The number of carbonyl (C=O) groups excluding carboxylic acids is 1. The monoisotopic (exact) mass is 405 g/mol. The zero-order valence-electron chi connectivity index (χ0n) is 13.7. The number of ether oxygens (including phenoxy) is 1. The molecule has 0 bridgehead atoms. The predicted molar refractivity (Wildman–Crippen MR) is 97.8 cm³/mol. The van der Waals surface area contributed by atoms with Gasteiger partial charge in [-0.1, -0.05) is 18.2 Å². The van der Waals surface area contributed by atoms with E-state index in [0.29, 0.717) is 17.0 Å². The summed E-state index contributed by atoms with van der Waals surface area (Å²) in [6.07, 6.45) is 0. The average molecular weight is 406 g/mol. The van der Waals surface area contributed by atoms with Gasteiger partial charge in [-0.2, -0.15) is 5.10 Å². The summed E-state index contributed by atoms with van der Waals surface area (Å²) in [7, 11) is 0. The molecule has 1 amide bonds. The van der Waals surface area contributed by atoms with E-state index in [-0.39, 0.29) is 12.3 Å². The number of nitrogens with zero attached hydrogens (tertiary/aromatic N) is 2. The van der Waals surface area contributed by atoms with E-state index in [2.05, 4.69) is 26.5 Å². The van der Waals surface area contributed by atoms with Crippen molar-refractivity contribution in [2.75, 3.05) is 6.61 Å². The van der Waals surface area contributed by atoms with Crippen molar-refractivity contribution in [3.8, 4) is 5.75 Å². The Labute approximate surface area is 153 Å². The molecule has 0 saturated heterocycles. The highest BCUT2D eigenvalue weighted by atomic mass is 79.9. The normalized spacial score (nSPS) is 11.1. The summed E-state index contributed by atoms with van der Waals surface area (Å²) in [5.74, 6) is 0.123. The van der Waals surface area contributed by atoms with Crippen LogP contribution in [0.2, 0.25) is 0 Å². The number of hydrogen-bond donors (Lipinski definition) is 1. The number of hydrazone groups is 1. The zero-order valence-corrected chi connectivity index (χ0v) is 15.2. The van der Waals surface area contributed by atoms with Gasteiger partial charge in [0.1, 0.15) is 5.75 Å².